The van der Waals surface area contributed by atoms with Crippen LogP contribution in [0.4, 0.5) is 0 Å². The molecule has 4 nitrogen and oxygen atoms in total. The number of aromatic nitrogens is 2. The molecule has 0 saturated heterocycles. The van der Waals surface area contributed by atoms with Crippen molar-refractivity contribution in [1.82, 2.24) is 9.78 Å². The molecule has 0 saturated carbocycles. The summed E-state index contributed by atoms with van der Waals surface area (Å²) in [5, 5.41) is 5.83. The second-order valence-corrected chi connectivity index (χ2v) is 4.00. The fraction of sp³-hybridized carbons (Fsp3) is 0. The van der Waals surface area contributed by atoms with E-state index in [0.29, 0.717) is 16.3 Å². The van der Waals surface area contributed by atoms with Crippen LogP contribution >= 0.6 is 11.6 Å². The second-order valence-electron chi connectivity index (χ2n) is 3.56. The summed E-state index contributed by atoms with van der Waals surface area (Å²) in [7, 11) is 0. The number of hydrogen-bond acceptors (Lipinski definition) is 3. The zero-order chi connectivity index (χ0) is 11.8. The summed E-state index contributed by atoms with van der Waals surface area (Å²) in [6.07, 6.45) is 3.06. The molecule has 3 aromatic rings. The molecule has 2 aromatic heterocycles. The summed E-state index contributed by atoms with van der Waals surface area (Å²) in [5.41, 5.74) is -0.385. The largest absolute Gasteiger partial charge is 0.404 e. The minimum atomic E-state index is -0.385. The maximum Gasteiger partial charge on any atom is 0.345 e. The van der Waals surface area contributed by atoms with E-state index < -0.39 is 0 Å². The monoisotopic (exact) mass is 246 g/mol. The van der Waals surface area contributed by atoms with E-state index in [1.54, 1.807) is 24.4 Å². The molecule has 84 valence electrons. The number of hydrogen-bond donors (Lipinski definition) is 0. The van der Waals surface area contributed by atoms with Crippen LogP contribution in [0.2, 0.25) is 5.02 Å². The first kappa shape index (κ1) is 10.1. The van der Waals surface area contributed by atoms with Crippen LogP contribution in [0.3, 0.4) is 0 Å². The molecule has 0 spiro atoms. The van der Waals surface area contributed by atoms with Crippen molar-refractivity contribution < 1.29 is 4.42 Å². The minimum absolute atomic E-state index is 0.348. The standard InChI is InChI=1S/C12H7ClN2O2/c13-9-6-14-15(7-9)11-5-8-3-1-2-4-10(8)12(16)17-11/h1-7H. The van der Waals surface area contributed by atoms with Crippen LogP contribution in [0.25, 0.3) is 16.7 Å². The molecule has 2 heterocycles. The number of rotatable bonds is 1. The van der Waals surface area contributed by atoms with Crippen molar-refractivity contribution in [3.8, 4) is 5.88 Å². The second kappa shape index (κ2) is 3.75. The molecule has 0 unspecified atom stereocenters. The van der Waals surface area contributed by atoms with Crippen molar-refractivity contribution in [3.05, 3.63) is 58.2 Å². The van der Waals surface area contributed by atoms with Crippen LogP contribution < -0.4 is 5.63 Å². The van der Waals surface area contributed by atoms with Crippen molar-refractivity contribution in [1.29, 1.82) is 0 Å². The number of fused-ring (bicyclic) bond motifs is 1. The van der Waals surface area contributed by atoms with Gasteiger partial charge in [0.15, 0.2) is 0 Å². The number of benzene rings is 1. The van der Waals surface area contributed by atoms with E-state index in [0.717, 1.165) is 5.39 Å². The Morgan fingerprint density at radius 3 is 2.88 bits per heavy atom. The first-order valence-corrected chi connectivity index (χ1v) is 5.35. The van der Waals surface area contributed by atoms with E-state index >= 15 is 0 Å². The maximum atomic E-state index is 11.7. The van der Waals surface area contributed by atoms with Gasteiger partial charge in [-0.25, -0.2) is 9.48 Å². The molecule has 1 aromatic carbocycles. The summed E-state index contributed by atoms with van der Waals surface area (Å²) in [6.45, 7) is 0. The van der Waals surface area contributed by atoms with Crippen LogP contribution in [0.15, 0.2) is 51.9 Å². The molecular weight excluding hydrogens is 240 g/mol. The third kappa shape index (κ3) is 1.72. The minimum Gasteiger partial charge on any atom is -0.404 e. The lowest BCUT2D eigenvalue weighted by molar-refractivity contribution is 0.482. The normalized spacial score (nSPS) is 10.9. The SMILES string of the molecule is O=c1oc(-n2cc(Cl)cn2)cc2ccccc12. The van der Waals surface area contributed by atoms with Gasteiger partial charge in [-0.3, -0.25) is 0 Å². The van der Waals surface area contributed by atoms with Gasteiger partial charge in [-0.05, 0) is 11.5 Å². The van der Waals surface area contributed by atoms with E-state index in [-0.39, 0.29) is 5.63 Å². The molecule has 0 N–H and O–H groups in total. The lowest BCUT2D eigenvalue weighted by Crippen LogP contribution is -2.04. The summed E-state index contributed by atoms with van der Waals surface area (Å²) in [6, 6.07) is 8.98. The van der Waals surface area contributed by atoms with E-state index in [2.05, 4.69) is 5.10 Å². The summed E-state index contributed by atoms with van der Waals surface area (Å²) in [5.74, 6) is 0.348. The molecule has 5 heteroatoms. The van der Waals surface area contributed by atoms with Crippen LogP contribution in [0, 0.1) is 0 Å². The molecule has 0 amide bonds. The Morgan fingerprint density at radius 1 is 1.29 bits per heavy atom. The highest BCUT2D eigenvalue weighted by Crippen LogP contribution is 2.15. The molecule has 0 aliphatic carbocycles. The van der Waals surface area contributed by atoms with Gasteiger partial charge in [0.05, 0.1) is 22.8 Å². The molecule has 0 radical (unpaired) electrons. The Bertz CT molecular complexity index is 745. The Kier molecular flexibility index (Phi) is 2.23. The molecule has 0 aliphatic heterocycles. The van der Waals surface area contributed by atoms with Gasteiger partial charge in [0, 0.05) is 6.07 Å². The van der Waals surface area contributed by atoms with E-state index in [9.17, 15) is 4.79 Å². The topological polar surface area (TPSA) is 48.0 Å². The Balaban J connectivity index is 2.29. The first-order chi connectivity index (χ1) is 8.24. The van der Waals surface area contributed by atoms with Crippen molar-refractivity contribution in [2.75, 3.05) is 0 Å². The highest BCUT2D eigenvalue weighted by atomic mass is 35.5. The van der Waals surface area contributed by atoms with E-state index in [1.165, 1.54) is 10.9 Å². The third-order valence-corrected chi connectivity index (χ3v) is 2.63. The Labute approximate surface area is 101 Å². The average Bonchev–Trinajstić information content (AvgIpc) is 2.76. The van der Waals surface area contributed by atoms with Gasteiger partial charge in [-0.1, -0.05) is 29.8 Å². The van der Waals surface area contributed by atoms with Gasteiger partial charge in [-0.15, -0.1) is 0 Å². The molecule has 0 aliphatic rings. The summed E-state index contributed by atoms with van der Waals surface area (Å²) >= 11 is 5.77. The van der Waals surface area contributed by atoms with Gasteiger partial charge in [-0.2, -0.15) is 5.10 Å². The Morgan fingerprint density at radius 2 is 2.12 bits per heavy atom. The zero-order valence-electron chi connectivity index (χ0n) is 8.63. The maximum absolute atomic E-state index is 11.7. The van der Waals surface area contributed by atoms with E-state index in [4.69, 9.17) is 16.0 Å². The van der Waals surface area contributed by atoms with Gasteiger partial charge < -0.3 is 4.42 Å². The first-order valence-electron chi connectivity index (χ1n) is 4.97. The van der Waals surface area contributed by atoms with Gasteiger partial charge in [0.2, 0.25) is 5.88 Å². The quantitative estimate of drug-likeness (QED) is 0.663. The predicted molar refractivity (Wildman–Crippen MR) is 64.6 cm³/mol. The van der Waals surface area contributed by atoms with Gasteiger partial charge >= 0.3 is 5.63 Å². The van der Waals surface area contributed by atoms with Gasteiger partial charge in [0.25, 0.3) is 0 Å². The summed E-state index contributed by atoms with van der Waals surface area (Å²) in [4.78, 5) is 11.7. The summed E-state index contributed by atoms with van der Waals surface area (Å²) < 4.78 is 6.60. The molecule has 0 fully saturated rings. The highest BCUT2D eigenvalue weighted by Gasteiger charge is 2.06. The van der Waals surface area contributed by atoms with Crippen LogP contribution in [-0.4, -0.2) is 9.78 Å². The van der Waals surface area contributed by atoms with Crippen molar-refractivity contribution >= 4 is 22.4 Å². The van der Waals surface area contributed by atoms with Gasteiger partial charge in [0.1, 0.15) is 0 Å². The lowest BCUT2D eigenvalue weighted by Gasteiger charge is -2.01. The third-order valence-electron chi connectivity index (χ3n) is 2.43. The van der Waals surface area contributed by atoms with Crippen LogP contribution in [0.5, 0.6) is 0 Å². The van der Waals surface area contributed by atoms with Crippen molar-refractivity contribution in [2.45, 2.75) is 0 Å². The fourth-order valence-corrected chi connectivity index (χ4v) is 1.79. The predicted octanol–water partition coefficient (Wildman–Crippen LogP) is 2.63. The van der Waals surface area contributed by atoms with Crippen LogP contribution in [-0.2, 0) is 0 Å². The van der Waals surface area contributed by atoms with E-state index in [1.807, 2.05) is 12.1 Å². The molecular formula is C12H7ClN2O2. The number of halogens is 1. The Hall–Kier alpha value is -2.07. The average molecular weight is 247 g/mol. The zero-order valence-corrected chi connectivity index (χ0v) is 9.39. The molecule has 17 heavy (non-hydrogen) atoms. The molecule has 3 rings (SSSR count). The fourth-order valence-electron chi connectivity index (χ4n) is 1.66. The lowest BCUT2D eigenvalue weighted by atomic mass is 10.2. The van der Waals surface area contributed by atoms with Crippen LogP contribution in [0.1, 0.15) is 0 Å². The number of nitrogens with zero attached hydrogens (tertiary/aromatic N) is 2. The van der Waals surface area contributed by atoms with Crippen molar-refractivity contribution in [2.24, 2.45) is 0 Å². The van der Waals surface area contributed by atoms with Crippen molar-refractivity contribution in [3.63, 3.8) is 0 Å². The molecule has 0 atom stereocenters. The molecule has 0 bridgehead atoms. The smallest absolute Gasteiger partial charge is 0.345 e. The highest BCUT2D eigenvalue weighted by molar-refractivity contribution is 6.30.